The minimum Gasteiger partial charge on any atom is -0.493 e. The number of carbonyl (C=O) groups excluding carboxylic acids is 3. The number of imide groups is 1. The van der Waals surface area contributed by atoms with Crippen LogP contribution >= 0.6 is 0 Å². The maximum atomic E-state index is 12.5. The van der Waals surface area contributed by atoms with Crippen molar-refractivity contribution < 1.29 is 23.9 Å². The van der Waals surface area contributed by atoms with Gasteiger partial charge in [0.05, 0.1) is 6.61 Å². The molecule has 26 heavy (non-hydrogen) atoms. The zero-order chi connectivity index (χ0) is 18.1. The number of hydrogen-bond acceptors (Lipinski definition) is 5. The Morgan fingerprint density at radius 1 is 1.12 bits per heavy atom. The average molecular weight is 358 g/mol. The number of ether oxygens (including phenoxy) is 2. The smallest absolute Gasteiger partial charge is 0.331 e. The number of benzene rings is 1. The number of amides is 3. The molecule has 1 N–H and O–H groups in total. The molecule has 2 saturated carbocycles. The molecular formula is C19H22N2O5. The third-order valence-electron chi connectivity index (χ3n) is 5.23. The SMILES string of the molecule is O=C(CN1C(=O)NC2(CCCC2)C1=O)Oc1ccc(OCC2CC2)cc1. The summed E-state index contributed by atoms with van der Waals surface area (Å²) < 4.78 is 10.9. The molecule has 2 aliphatic carbocycles. The predicted octanol–water partition coefficient (Wildman–Crippen LogP) is 2.25. The summed E-state index contributed by atoms with van der Waals surface area (Å²) >= 11 is 0. The Morgan fingerprint density at radius 3 is 2.42 bits per heavy atom. The van der Waals surface area contributed by atoms with E-state index in [4.69, 9.17) is 9.47 Å². The lowest BCUT2D eigenvalue weighted by molar-refractivity contribution is -0.140. The van der Waals surface area contributed by atoms with Gasteiger partial charge in [-0.3, -0.25) is 9.69 Å². The standard InChI is InChI=1S/C19H22N2O5/c22-16(11-21-17(23)19(20-18(21)24)9-1-2-10-19)26-15-7-5-14(6-8-15)25-12-13-3-4-13/h5-8,13H,1-4,9-12H2,(H,20,24). The lowest BCUT2D eigenvalue weighted by atomic mass is 9.98. The predicted molar refractivity (Wildman–Crippen MR) is 91.7 cm³/mol. The highest BCUT2D eigenvalue weighted by Gasteiger charge is 2.52. The van der Waals surface area contributed by atoms with E-state index < -0.39 is 17.5 Å². The van der Waals surface area contributed by atoms with E-state index in [1.165, 1.54) is 12.8 Å². The van der Waals surface area contributed by atoms with Crippen LogP contribution in [0.3, 0.4) is 0 Å². The van der Waals surface area contributed by atoms with Crippen LogP contribution in [-0.2, 0) is 9.59 Å². The van der Waals surface area contributed by atoms with Crippen molar-refractivity contribution in [3.63, 3.8) is 0 Å². The Labute approximate surface area is 151 Å². The zero-order valence-corrected chi connectivity index (χ0v) is 14.5. The fourth-order valence-electron chi connectivity index (χ4n) is 3.53. The lowest BCUT2D eigenvalue weighted by Crippen LogP contribution is -2.44. The molecule has 3 fully saturated rings. The van der Waals surface area contributed by atoms with Crippen LogP contribution in [0.4, 0.5) is 4.79 Å². The average Bonchev–Trinajstić information content (AvgIpc) is 3.30. The highest BCUT2D eigenvalue weighted by atomic mass is 16.5. The van der Waals surface area contributed by atoms with Gasteiger partial charge in [0.25, 0.3) is 5.91 Å². The van der Waals surface area contributed by atoms with Gasteiger partial charge in [-0.1, -0.05) is 12.8 Å². The first-order chi connectivity index (χ1) is 12.6. The van der Waals surface area contributed by atoms with Crippen LogP contribution in [0.5, 0.6) is 11.5 Å². The molecule has 138 valence electrons. The van der Waals surface area contributed by atoms with Gasteiger partial charge in [0.2, 0.25) is 0 Å². The van der Waals surface area contributed by atoms with Crippen molar-refractivity contribution in [3.8, 4) is 11.5 Å². The summed E-state index contributed by atoms with van der Waals surface area (Å²) in [5.41, 5.74) is -0.808. The van der Waals surface area contributed by atoms with E-state index in [0.29, 0.717) is 31.1 Å². The summed E-state index contributed by atoms with van der Waals surface area (Å²) in [6.45, 7) is 0.333. The van der Waals surface area contributed by atoms with Gasteiger partial charge in [0.15, 0.2) is 0 Å². The van der Waals surface area contributed by atoms with Gasteiger partial charge >= 0.3 is 12.0 Å². The quantitative estimate of drug-likeness (QED) is 0.479. The summed E-state index contributed by atoms with van der Waals surface area (Å²) in [7, 11) is 0. The van der Waals surface area contributed by atoms with Crippen LogP contribution < -0.4 is 14.8 Å². The summed E-state index contributed by atoms with van der Waals surface area (Å²) in [6, 6.07) is 6.26. The van der Waals surface area contributed by atoms with Gasteiger partial charge in [0, 0.05) is 0 Å². The minimum atomic E-state index is -0.808. The highest BCUT2D eigenvalue weighted by Crippen LogP contribution is 2.35. The molecule has 4 rings (SSSR count). The molecular weight excluding hydrogens is 336 g/mol. The lowest BCUT2D eigenvalue weighted by Gasteiger charge is -2.19. The van der Waals surface area contributed by atoms with Crippen LogP contribution in [0.15, 0.2) is 24.3 Å². The Kier molecular flexibility index (Phi) is 4.30. The van der Waals surface area contributed by atoms with Crippen molar-refractivity contribution in [2.24, 2.45) is 5.92 Å². The topological polar surface area (TPSA) is 84.9 Å². The van der Waals surface area contributed by atoms with Crippen molar-refractivity contribution in [3.05, 3.63) is 24.3 Å². The van der Waals surface area contributed by atoms with E-state index in [2.05, 4.69) is 5.32 Å². The van der Waals surface area contributed by atoms with E-state index in [1.807, 2.05) is 0 Å². The molecule has 7 nitrogen and oxygen atoms in total. The molecule has 1 aliphatic heterocycles. The van der Waals surface area contributed by atoms with E-state index >= 15 is 0 Å². The number of urea groups is 1. The van der Waals surface area contributed by atoms with Crippen molar-refractivity contribution in [1.82, 2.24) is 10.2 Å². The summed E-state index contributed by atoms with van der Waals surface area (Å²) in [5, 5.41) is 2.75. The van der Waals surface area contributed by atoms with Crippen molar-refractivity contribution in [2.75, 3.05) is 13.2 Å². The molecule has 1 saturated heterocycles. The van der Waals surface area contributed by atoms with E-state index in [-0.39, 0.29) is 12.5 Å². The molecule has 1 aromatic carbocycles. The molecule has 1 aromatic rings. The van der Waals surface area contributed by atoms with Gasteiger partial charge in [0.1, 0.15) is 23.6 Å². The van der Waals surface area contributed by atoms with Gasteiger partial charge in [-0.25, -0.2) is 9.59 Å². The molecule has 0 aromatic heterocycles. The first-order valence-electron chi connectivity index (χ1n) is 9.13. The monoisotopic (exact) mass is 358 g/mol. The molecule has 0 atom stereocenters. The van der Waals surface area contributed by atoms with Gasteiger partial charge < -0.3 is 14.8 Å². The molecule has 3 amide bonds. The van der Waals surface area contributed by atoms with Gasteiger partial charge in [-0.15, -0.1) is 0 Å². The second kappa shape index (κ2) is 6.63. The Hall–Kier alpha value is -2.57. The molecule has 0 bridgehead atoms. The maximum Gasteiger partial charge on any atom is 0.331 e. The van der Waals surface area contributed by atoms with Crippen molar-refractivity contribution >= 4 is 17.9 Å². The summed E-state index contributed by atoms with van der Waals surface area (Å²) in [4.78, 5) is 37.7. The van der Waals surface area contributed by atoms with Crippen molar-refractivity contribution in [1.29, 1.82) is 0 Å². The number of carbonyl (C=O) groups is 3. The third-order valence-corrected chi connectivity index (χ3v) is 5.23. The third kappa shape index (κ3) is 3.38. The normalized spacial score (nSPS) is 21.2. The van der Waals surface area contributed by atoms with E-state index in [9.17, 15) is 14.4 Å². The first-order valence-corrected chi connectivity index (χ1v) is 9.13. The number of rotatable bonds is 6. The van der Waals surface area contributed by atoms with Crippen LogP contribution in [0.1, 0.15) is 38.5 Å². The fourth-order valence-corrected chi connectivity index (χ4v) is 3.53. The molecule has 7 heteroatoms. The van der Waals surface area contributed by atoms with Crippen LogP contribution in [0.2, 0.25) is 0 Å². The second-order valence-electron chi connectivity index (χ2n) is 7.31. The largest absolute Gasteiger partial charge is 0.493 e. The zero-order valence-electron chi connectivity index (χ0n) is 14.5. The number of hydrogen-bond donors (Lipinski definition) is 1. The van der Waals surface area contributed by atoms with Crippen LogP contribution in [-0.4, -0.2) is 41.5 Å². The molecule has 1 spiro atoms. The van der Waals surface area contributed by atoms with Crippen LogP contribution in [0.25, 0.3) is 0 Å². The fraction of sp³-hybridized carbons (Fsp3) is 0.526. The van der Waals surface area contributed by atoms with Crippen LogP contribution in [0, 0.1) is 5.92 Å². The Bertz CT molecular complexity index is 720. The van der Waals surface area contributed by atoms with Gasteiger partial charge in [-0.2, -0.15) is 0 Å². The minimum absolute atomic E-state index is 0.319. The molecule has 0 radical (unpaired) electrons. The maximum absolute atomic E-state index is 12.5. The highest BCUT2D eigenvalue weighted by molar-refractivity contribution is 6.08. The second-order valence-corrected chi connectivity index (χ2v) is 7.31. The van der Waals surface area contributed by atoms with E-state index in [1.54, 1.807) is 24.3 Å². The first kappa shape index (κ1) is 16.9. The molecule has 3 aliphatic rings. The number of nitrogens with one attached hydrogen (secondary N) is 1. The summed E-state index contributed by atoms with van der Waals surface area (Å²) in [5.74, 6) is 0.793. The Balaban J connectivity index is 1.32. The molecule has 1 heterocycles. The van der Waals surface area contributed by atoms with Gasteiger partial charge in [-0.05, 0) is 55.9 Å². The Morgan fingerprint density at radius 2 is 1.77 bits per heavy atom. The molecule has 0 unspecified atom stereocenters. The van der Waals surface area contributed by atoms with Crippen molar-refractivity contribution in [2.45, 2.75) is 44.1 Å². The number of esters is 1. The summed E-state index contributed by atoms with van der Waals surface area (Å²) in [6.07, 6.45) is 5.51. The number of nitrogens with zero attached hydrogens (tertiary/aromatic N) is 1. The van der Waals surface area contributed by atoms with E-state index in [0.717, 1.165) is 23.5 Å².